The van der Waals surface area contributed by atoms with Crippen molar-refractivity contribution in [2.45, 2.75) is 6.92 Å². The first-order chi connectivity index (χ1) is 13.1. The first-order valence-electron chi connectivity index (χ1n) is 8.16. The van der Waals surface area contributed by atoms with Crippen LogP contribution in [-0.4, -0.2) is 16.0 Å². The molecule has 0 atom stereocenters. The molecule has 0 radical (unpaired) electrons. The smallest absolute Gasteiger partial charge is 0.270 e. The van der Waals surface area contributed by atoms with Crippen LogP contribution in [0.3, 0.4) is 0 Å². The number of aryl methyl sites for hydroxylation is 1. The number of anilines is 1. The highest BCUT2D eigenvalue weighted by atomic mass is 32.1. The van der Waals surface area contributed by atoms with Gasteiger partial charge in [-0.05, 0) is 54.3 Å². The van der Waals surface area contributed by atoms with Gasteiger partial charge in [-0.2, -0.15) is 4.98 Å². The first-order valence-corrected chi connectivity index (χ1v) is 9.04. The number of nitrogens with zero attached hydrogens (tertiary/aromatic N) is 2. The van der Waals surface area contributed by atoms with Gasteiger partial charge in [0.1, 0.15) is 10.7 Å². The number of amides is 1. The molecule has 0 fully saturated rings. The molecule has 7 heteroatoms. The van der Waals surface area contributed by atoms with Crippen molar-refractivity contribution in [3.05, 3.63) is 76.9 Å². The number of rotatable bonds is 4. The number of carbonyl (C=O) groups is 1. The maximum atomic E-state index is 13.1. The van der Waals surface area contributed by atoms with Crippen molar-refractivity contribution in [2.75, 3.05) is 5.32 Å². The molecule has 0 bridgehead atoms. The Morgan fingerprint density at radius 1 is 1.11 bits per heavy atom. The molecule has 27 heavy (non-hydrogen) atoms. The number of halogens is 1. The Balaban J connectivity index is 1.60. The van der Waals surface area contributed by atoms with Crippen molar-refractivity contribution in [2.24, 2.45) is 0 Å². The number of nitrogens with one attached hydrogen (secondary N) is 1. The predicted molar refractivity (Wildman–Crippen MR) is 102 cm³/mol. The summed E-state index contributed by atoms with van der Waals surface area (Å²) in [4.78, 5) is 17.6. The van der Waals surface area contributed by atoms with Gasteiger partial charge in [-0.3, -0.25) is 4.79 Å². The molecule has 0 saturated carbocycles. The molecule has 0 aliphatic carbocycles. The van der Waals surface area contributed by atoms with Crippen molar-refractivity contribution in [1.29, 1.82) is 0 Å². The standard InChI is InChI=1S/C20H14FN3O2S/c1-12-4-2-3-5-15(12)19(25)22-16-10-11-27-17(16)20-23-18(24-26-20)13-6-8-14(21)9-7-13/h2-11H,1H3,(H,22,25). The molecular formula is C20H14FN3O2S. The van der Waals surface area contributed by atoms with Crippen molar-refractivity contribution < 1.29 is 13.7 Å². The van der Waals surface area contributed by atoms with Gasteiger partial charge in [-0.15, -0.1) is 11.3 Å². The highest BCUT2D eigenvalue weighted by molar-refractivity contribution is 7.14. The molecule has 1 N–H and O–H groups in total. The molecule has 0 unspecified atom stereocenters. The van der Waals surface area contributed by atoms with Gasteiger partial charge in [0.25, 0.3) is 11.8 Å². The Labute approximate surface area is 158 Å². The Hall–Kier alpha value is -3.32. The molecule has 2 aromatic heterocycles. The van der Waals surface area contributed by atoms with Gasteiger partial charge in [0.15, 0.2) is 0 Å². The van der Waals surface area contributed by atoms with Crippen LogP contribution in [0.25, 0.3) is 22.2 Å². The third kappa shape index (κ3) is 3.50. The van der Waals surface area contributed by atoms with E-state index in [9.17, 15) is 9.18 Å². The molecule has 4 rings (SSSR count). The van der Waals surface area contributed by atoms with Crippen molar-refractivity contribution in [1.82, 2.24) is 10.1 Å². The van der Waals surface area contributed by atoms with Crippen LogP contribution in [0, 0.1) is 12.7 Å². The first kappa shape index (κ1) is 17.1. The number of hydrogen-bond donors (Lipinski definition) is 1. The van der Waals surface area contributed by atoms with Crippen LogP contribution in [0.1, 0.15) is 15.9 Å². The fourth-order valence-corrected chi connectivity index (χ4v) is 3.39. The zero-order valence-electron chi connectivity index (χ0n) is 14.3. The maximum absolute atomic E-state index is 13.1. The topological polar surface area (TPSA) is 68.0 Å². The number of aromatic nitrogens is 2. The van der Waals surface area contributed by atoms with Gasteiger partial charge >= 0.3 is 0 Å². The molecular weight excluding hydrogens is 365 g/mol. The summed E-state index contributed by atoms with van der Waals surface area (Å²) in [6.45, 7) is 1.89. The van der Waals surface area contributed by atoms with Crippen molar-refractivity contribution >= 4 is 22.9 Å². The Kier molecular flexibility index (Phi) is 4.52. The van der Waals surface area contributed by atoms with Gasteiger partial charge in [-0.25, -0.2) is 4.39 Å². The zero-order chi connectivity index (χ0) is 18.8. The number of thiophene rings is 1. The average Bonchev–Trinajstić information content (AvgIpc) is 3.32. The normalized spacial score (nSPS) is 10.7. The second-order valence-corrected chi connectivity index (χ2v) is 6.78. The summed E-state index contributed by atoms with van der Waals surface area (Å²) >= 11 is 1.38. The van der Waals surface area contributed by atoms with Crippen molar-refractivity contribution in [3.8, 4) is 22.2 Å². The van der Waals surface area contributed by atoms with E-state index in [1.807, 2.05) is 30.5 Å². The summed E-state index contributed by atoms with van der Waals surface area (Å²) in [5.74, 6) is 0.118. The van der Waals surface area contributed by atoms with E-state index in [0.717, 1.165) is 5.56 Å². The number of benzene rings is 2. The highest BCUT2D eigenvalue weighted by Crippen LogP contribution is 2.34. The molecule has 4 aromatic rings. The summed E-state index contributed by atoms with van der Waals surface area (Å²) < 4.78 is 18.4. The van der Waals surface area contributed by atoms with E-state index in [1.165, 1.54) is 23.5 Å². The predicted octanol–water partition coefficient (Wildman–Crippen LogP) is 5.16. The van der Waals surface area contributed by atoms with Crippen LogP contribution in [0.4, 0.5) is 10.1 Å². The van der Waals surface area contributed by atoms with Crippen LogP contribution >= 0.6 is 11.3 Å². The van der Waals surface area contributed by atoms with E-state index in [-0.39, 0.29) is 11.7 Å². The summed E-state index contributed by atoms with van der Waals surface area (Å²) in [7, 11) is 0. The van der Waals surface area contributed by atoms with Crippen molar-refractivity contribution in [3.63, 3.8) is 0 Å². The van der Waals surface area contributed by atoms with Gasteiger partial charge in [-0.1, -0.05) is 23.4 Å². The minimum Gasteiger partial charge on any atom is -0.333 e. The van der Waals surface area contributed by atoms with Crippen LogP contribution in [0.5, 0.6) is 0 Å². The zero-order valence-corrected chi connectivity index (χ0v) is 15.1. The lowest BCUT2D eigenvalue weighted by molar-refractivity contribution is 0.102. The monoisotopic (exact) mass is 379 g/mol. The maximum Gasteiger partial charge on any atom is 0.270 e. The molecule has 0 aliphatic rings. The fraction of sp³-hybridized carbons (Fsp3) is 0.0500. The molecule has 2 heterocycles. The van der Waals surface area contributed by atoms with E-state index >= 15 is 0 Å². The third-order valence-electron chi connectivity index (χ3n) is 4.03. The van der Waals surface area contributed by atoms with Gasteiger partial charge in [0.2, 0.25) is 5.82 Å². The van der Waals surface area contributed by atoms with Crippen LogP contribution in [-0.2, 0) is 0 Å². The molecule has 0 spiro atoms. The van der Waals surface area contributed by atoms with E-state index < -0.39 is 0 Å². The number of carbonyl (C=O) groups excluding carboxylic acids is 1. The van der Waals surface area contributed by atoms with Gasteiger partial charge in [0.05, 0.1) is 5.69 Å². The Morgan fingerprint density at radius 3 is 2.67 bits per heavy atom. The Morgan fingerprint density at radius 2 is 1.89 bits per heavy atom. The minimum atomic E-state index is -0.332. The lowest BCUT2D eigenvalue weighted by Crippen LogP contribution is -2.13. The van der Waals surface area contributed by atoms with Crippen LogP contribution in [0.2, 0.25) is 0 Å². The molecule has 134 valence electrons. The van der Waals surface area contributed by atoms with E-state index in [0.29, 0.717) is 33.4 Å². The summed E-state index contributed by atoms with van der Waals surface area (Å²) in [6.07, 6.45) is 0. The molecule has 0 aliphatic heterocycles. The number of hydrogen-bond acceptors (Lipinski definition) is 5. The van der Waals surface area contributed by atoms with E-state index in [2.05, 4.69) is 15.5 Å². The SMILES string of the molecule is Cc1ccccc1C(=O)Nc1ccsc1-c1nc(-c2ccc(F)cc2)no1. The van der Waals surface area contributed by atoms with E-state index in [1.54, 1.807) is 24.3 Å². The minimum absolute atomic E-state index is 0.203. The highest BCUT2D eigenvalue weighted by Gasteiger charge is 2.18. The van der Waals surface area contributed by atoms with E-state index in [4.69, 9.17) is 4.52 Å². The largest absolute Gasteiger partial charge is 0.333 e. The lowest BCUT2D eigenvalue weighted by atomic mass is 10.1. The van der Waals surface area contributed by atoms with Crippen LogP contribution in [0.15, 0.2) is 64.5 Å². The van der Waals surface area contributed by atoms with Crippen LogP contribution < -0.4 is 5.32 Å². The Bertz CT molecular complexity index is 1100. The fourth-order valence-electron chi connectivity index (χ4n) is 2.62. The molecule has 0 saturated heterocycles. The third-order valence-corrected chi connectivity index (χ3v) is 4.93. The lowest BCUT2D eigenvalue weighted by Gasteiger charge is -2.07. The summed E-state index contributed by atoms with van der Waals surface area (Å²) in [5, 5.41) is 8.68. The quantitative estimate of drug-likeness (QED) is 0.531. The summed E-state index contributed by atoms with van der Waals surface area (Å²) in [5.41, 5.74) is 2.74. The summed E-state index contributed by atoms with van der Waals surface area (Å²) in [6, 6.07) is 15.0. The van der Waals surface area contributed by atoms with Gasteiger partial charge in [0, 0.05) is 11.1 Å². The molecule has 5 nitrogen and oxygen atoms in total. The second kappa shape index (κ2) is 7.13. The molecule has 1 amide bonds. The average molecular weight is 379 g/mol. The molecule has 2 aromatic carbocycles. The van der Waals surface area contributed by atoms with Gasteiger partial charge < -0.3 is 9.84 Å². The second-order valence-electron chi connectivity index (χ2n) is 5.86.